The number of hydrogen-bond donors (Lipinski definition) is 3. The first-order chi connectivity index (χ1) is 16.1. The maximum Gasteiger partial charge on any atom is 0.222 e. The molecule has 2 aromatic rings. The van der Waals surface area contributed by atoms with E-state index in [0.717, 1.165) is 75.9 Å². The Kier molecular flexibility index (Phi) is 7.83. The molecule has 0 aromatic heterocycles. The molecule has 33 heavy (non-hydrogen) atoms. The van der Waals surface area contributed by atoms with Crippen molar-refractivity contribution in [2.75, 3.05) is 49.5 Å². The van der Waals surface area contributed by atoms with Crippen LogP contribution in [0.3, 0.4) is 0 Å². The predicted molar refractivity (Wildman–Crippen MR) is 131 cm³/mol. The first-order valence-corrected chi connectivity index (χ1v) is 12.0. The lowest BCUT2D eigenvalue weighted by Gasteiger charge is -2.20. The second kappa shape index (κ2) is 11.2. The molecule has 4 rings (SSSR count). The molecule has 2 aromatic carbocycles. The molecule has 3 N–H and O–H groups in total. The molecular weight excluding hydrogens is 416 g/mol. The van der Waals surface area contributed by atoms with Gasteiger partial charge in [-0.3, -0.25) is 9.59 Å². The minimum atomic E-state index is 0.181. The van der Waals surface area contributed by atoms with E-state index in [0.29, 0.717) is 30.5 Å². The van der Waals surface area contributed by atoms with Crippen molar-refractivity contribution in [1.29, 1.82) is 0 Å². The predicted octanol–water partition coefficient (Wildman–Crippen LogP) is 3.04. The van der Waals surface area contributed by atoms with Crippen molar-refractivity contribution in [3.05, 3.63) is 53.6 Å². The third-order valence-electron chi connectivity index (χ3n) is 6.61. The van der Waals surface area contributed by atoms with Gasteiger partial charge in [-0.05, 0) is 80.3 Å². The number of rotatable bonds is 11. The number of phenols is 1. The van der Waals surface area contributed by atoms with Crippen LogP contribution in [0.4, 0.5) is 11.4 Å². The smallest absolute Gasteiger partial charge is 0.222 e. The van der Waals surface area contributed by atoms with Crippen molar-refractivity contribution in [3.8, 4) is 5.75 Å². The van der Waals surface area contributed by atoms with E-state index >= 15 is 0 Å². The lowest BCUT2D eigenvalue weighted by atomic mass is 10.1. The van der Waals surface area contributed by atoms with Crippen molar-refractivity contribution in [1.82, 2.24) is 10.2 Å². The molecule has 1 atom stereocenters. The van der Waals surface area contributed by atoms with Gasteiger partial charge in [0, 0.05) is 62.1 Å². The lowest BCUT2D eigenvalue weighted by molar-refractivity contribution is -0.127. The zero-order valence-corrected chi connectivity index (χ0v) is 19.1. The third kappa shape index (κ3) is 6.26. The Bertz CT molecular complexity index is 947. The Balaban J connectivity index is 1.17. The quantitative estimate of drug-likeness (QED) is 0.361. The highest BCUT2D eigenvalue weighted by Gasteiger charge is 2.23. The summed E-state index contributed by atoms with van der Waals surface area (Å²) in [5.41, 5.74) is 3.73. The first kappa shape index (κ1) is 23.1. The Morgan fingerprint density at radius 1 is 1.09 bits per heavy atom. The van der Waals surface area contributed by atoms with Gasteiger partial charge in [-0.2, -0.15) is 0 Å². The molecule has 0 aliphatic carbocycles. The molecule has 2 aliphatic rings. The van der Waals surface area contributed by atoms with Crippen LogP contribution in [0.15, 0.2) is 42.5 Å². The van der Waals surface area contributed by atoms with Gasteiger partial charge in [0.15, 0.2) is 0 Å². The second-order valence-electron chi connectivity index (χ2n) is 8.95. The molecule has 2 fully saturated rings. The zero-order chi connectivity index (χ0) is 23.0. The van der Waals surface area contributed by atoms with E-state index in [1.165, 1.54) is 11.8 Å². The summed E-state index contributed by atoms with van der Waals surface area (Å²) >= 11 is 0. The maximum atomic E-state index is 11.7. The second-order valence-corrected chi connectivity index (χ2v) is 8.95. The average Bonchev–Trinajstić information content (AvgIpc) is 3.46. The summed E-state index contributed by atoms with van der Waals surface area (Å²) < 4.78 is 0. The summed E-state index contributed by atoms with van der Waals surface area (Å²) in [6.45, 7) is 5.48. The Hall–Kier alpha value is -3.06. The molecule has 7 heteroatoms. The summed E-state index contributed by atoms with van der Waals surface area (Å²) in [4.78, 5) is 27.3. The molecule has 0 radical (unpaired) electrons. The van der Waals surface area contributed by atoms with Crippen molar-refractivity contribution < 1.29 is 14.7 Å². The Morgan fingerprint density at radius 3 is 2.70 bits per heavy atom. The van der Waals surface area contributed by atoms with Crippen LogP contribution < -0.4 is 15.5 Å². The number of phenolic OH excluding ortho intramolecular Hbond substituents is 1. The highest BCUT2D eigenvalue weighted by atomic mass is 16.3. The van der Waals surface area contributed by atoms with Crippen LogP contribution in [-0.2, 0) is 11.2 Å². The van der Waals surface area contributed by atoms with Crippen LogP contribution in [0.5, 0.6) is 5.75 Å². The monoisotopic (exact) mass is 450 g/mol. The van der Waals surface area contributed by atoms with Gasteiger partial charge < -0.3 is 25.5 Å². The van der Waals surface area contributed by atoms with Gasteiger partial charge in [-0.15, -0.1) is 0 Å². The van der Waals surface area contributed by atoms with Crippen LogP contribution in [-0.4, -0.2) is 67.5 Å². The van der Waals surface area contributed by atoms with E-state index in [1.807, 2.05) is 4.90 Å². The number of anilines is 2. The van der Waals surface area contributed by atoms with Gasteiger partial charge in [-0.25, -0.2) is 0 Å². The number of likely N-dealkylation sites (tertiary alicyclic amines) is 1. The molecule has 0 bridgehead atoms. The summed E-state index contributed by atoms with van der Waals surface area (Å²) in [5, 5.41) is 16.7. The largest absolute Gasteiger partial charge is 0.508 e. The minimum Gasteiger partial charge on any atom is -0.508 e. The van der Waals surface area contributed by atoms with Gasteiger partial charge in [0.1, 0.15) is 12.0 Å². The van der Waals surface area contributed by atoms with E-state index in [2.05, 4.69) is 39.8 Å². The SMILES string of the molecule is O=Cc1ccc(O)cc1CCNc1ccc(N2CCC(NCCCN3CCCC3=O)C2)cc1. The topological polar surface area (TPSA) is 84.9 Å². The fourth-order valence-corrected chi connectivity index (χ4v) is 4.73. The summed E-state index contributed by atoms with van der Waals surface area (Å²) in [7, 11) is 0. The maximum absolute atomic E-state index is 11.7. The van der Waals surface area contributed by atoms with Crippen molar-refractivity contribution in [3.63, 3.8) is 0 Å². The molecule has 2 heterocycles. The van der Waals surface area contributed by atoms with Crippen molar-refractivity contribution >= 4 is 23.6 Å². The lowest BCUT2D eigenvalue weighted by Crippen LogP contribution is -2.35. The van der Waals surface area contributed by atoms with Gasteiger partial charge in [0.05, 0.1) is 0 Å². The molecule has 2 aliphatic heterocycles. The minimum absolute atomic E-state index is 0.181. The Morgan fingerprint density at radius 2 is 1.94 bits per heavy atom. The van der Waals surface area contributed by atoms with Gasteiger partial charge in [0.25, 0.3) is 0 Å². The molecule has 176 valence electrons. The normalized spacial score (nSPS) is 18.2. The number of aldehydes is 1. The fraction of sp³-hybridized carbons (Fsp3) is 0.462. The molecular formula is C26H34N4O3. The van der Waals surface area contributed by atoms with E-state index in [9.17, 15) is 14.7 Å². The number of carbonyl (C=O) groups is 2. The highest BCUT2D eigenvalue weighted by Crippen LogP contribution is 2.23. The number of carbonyl (C=O) groups excluding carboxylic acids is 2. The molecule has 1 amide bonds. The van der Waals surface area contributed by atoms with Gasteiger partial charge in [-0.1, -0.05) is 0 Å². The zero-order valence-electron chi connectivity index (χ0n) is 19.1. The van der Waals surface area contributed by atoms with Crippen LogP contribution >= 0.6 is 0 Å². The number of benzene rings is 2. The molecule has 0 saturated carbocycles. The molecule has 1 unspecified atom stereocenters. The number of nitrogens with zero attached hydrogens (tertiary/aromatic N) is 2. The number of amides is 1. The van der Waals surface area contributed by atoms with E-state index in [1.54, 1.807) is 12.1 Å². The van der Waals surface area contributed by atoms with E-state index in [-0.39, 0.29) is 5.75 Å². The van der Waals surface area contributed by atoms with Gasteiger partial charge >= 0.3 is 0 Å². The number of aromatic hydroxyl groups is 1. The third-order valence-corrected chi connectivity index (χ3v) is 6.61. The molecule has 2 saturated heterocycles. The average molecular weight is 451 g/mol. The fourth-order valence-electron chi connectivity index (χ4n) is 4.73. The summed E-state index contributed by atoms with van der Waals surface area (Å²) in [6.07, 6.45) is 5.37. The highest BCUT2D eigenvalue weighted by molar-refractivity contribution is 5.78. The van der Waals surface area contributed by atoms with Crippen LogP contribution in [0, 0.1) is 0 Å². The van der Waals surface area contributed by atoms with Crippen LogP contribution in [0.2, 0.25) is 0 Å². The Labute approximate surface area is 195 Å². The first-order valence-electron chi connectivity index (χ1n) is 12.0. The summed E-state index contributed by atoms with van der Waals surface area (Å²) in [6, 6.07) is 13.8. The summed E-state index contributed by atoms with van der Waals surface area (Å²) in [5.74, 6) is 0.491. The number of hydrogen-bond acceptors (Lipinski definition) is 6. The van der Waals surface area contributed by atoms with Gasteiger partial charge in [0.2, 0.25) is 5.91 Å². The standard InChI is InChI=1S/C26H34N4O3/c31-19-21-4-9-25(32)17-20(21)10-13-28-22-5-7-24(8-6-22)30-16-11-23(18-30)27-12-2-15-29-14-1-3-26(29)33/h4-9,17,19,23,27-28,32H,1-3,10-16,18H2. The number of nitrogens with one attached hydrogen (secondary N) is 2. The molecule has 7 nitrogen and oxygen atoms in total. The van der Waals surface area contributed by atoms with Crippen LogP contribution in [0.25, 0.3) is 0 Å². The van der Waals surface area contributed by atoms with E-state index < -0.39 is 0 Å². The van der Waals surface area contributed by atoms with E-state index in [4.69, 9.17) is 0 Å². The van der Waals surface area contributed by atoms with Crippen molar-refractivity contribution in [2.24, 2.45) is 0 Å². The van der Waals surface area contributed by atoms with Crippen molar-refractivity contribution in [2.45, 2.75) is 38.1 Å². The van der Waals surface area contributed by atoms with Crippen LogP contribution in [0.1, 0.15) is 41.6 Å². The molecule has 0 spiro atoms.